The predicted molar refractivity (Wildman–Crippen MR) is 103 cm³/mol. The maximum Gasteiger partial charge on any atom is 0.248 e. The molecule has 0 atom stereocenters. The molecule has 2 aliphatic heterocycles. The van der Waals surface area contributed by atoms with Gasteiger partial charge in [-0.2, -0.15) is 0 Å². The lowest BCUT2D eigenvalue weighted by Gasteiger charge is -2.36. The summed E-state index contributed by atoms with van der Waals surface area (Å²) in [5.41, 5.74) is 0. The highest BCUT2D eigenvalue weighted by Crippen LogP contribution is 2.24. The van der Waals surface area contributed by atoms with Crippen molar-refractivity contribution in [3.63, 3.8) is 0 Å². The zero-order valence-corrected chi connectivity index (χ0v) is 16.9. The van der Waals surface area contributed by atoms with Crippen molar-refractivity contribution >= 4 is 5.91 Å². The van der Waals surface area contributed by atoms with Crippen molar-refractivity contribution in [3.05, 3.63) is 0 Å². The van der Waals surface area contributed by atoms with E-state index in [0.29, 0.717) is 12.6 Å². The lowest BCUT2D eigenvalue weighted by atomic mass is 9.87. The Balaban J connectivity index is 1.50. The van der Waals surface area contributed by atoms with E-state index in [0.717, 1.165) is 63.8 Å². The van der Waals surface area contributed by atoms with Crippen LogP contribution in [-0.4, -0.2) is 85.7 Å². The second-order valence-corrected chi connectivity index (χ2v) is 8.34. The summed E-state index contributed by atoms with van der Waals surface area (Å²) in [5, 5.41) is 0. The molecule has 2 saturated heterocycles. The van der Waals surface area contributed by atoms with E-state index in [2.05, 4.69) is 37.5 Å². The fraction of sp³-hybridized carbons (Fsp3) is 0.950. The zero-order valence-electron chi connectivity index (χ0n) is 16.9. The van der Waals surface area contributed by atoms with Crippen LogP contribution in [0.4, 0.5) is 0 Å². The smallest absolute Gasteiger partial charge is 0.248 e. The van der Waals surface area contributed by atoms with Gasteiger partial charge in [0.15, 0.2) is 0 Å². The summed E-state index contributed by atoms with van der Waals surface area (Å²) < 4.78 is 5.65. The van der Waals surface area contributed by atoms with Crippen LogP contribution in [0.1, 0.15) is 47.0 Å². The Hall–Kier alpha value is -0.650. The Morgan fingerprint density at radius 2 is 1.64 bits per heavy atom. The number of rotatable bonds is 8. The molecular formula is C20H39N3O2. The second kappa shape index (κ2) is 10.5. The van der Waals surface area contributed by atoms with E-state index < -0.39 is 0 Å². The summed E-state index contributed by atoms with van der Waals surface area (Å²) in [6.45, 7) is 17.6. The van der Waals surface area contributed by atoms with E-state index in [1.54, 1.807) is 0 Å². The van der Waals surface area contributed by atoms with Crippen LogP contribution < -0.4 is 0 Å². The van der Waals surface area contributed by atoms with Crippen LogP contribution in [0.5, 0.6) is 0 Å². The SMILES string of the molecule is CC(C)C1CCN(C(=O)COCCCN2CCN(C(C)C)CC2)CC1. The number of likely N-dealkylation sites (tertiary alicyclic amines) is 1. The van der Waals surface area contributed by atoms with Crippen LogP contribution >= 0.6 is 0 Å². The number of piperazine rings is 1. The van der Waals surface area contributed by atoms with Crippen molar-refractivity contribution < 1.29 is 9.53 Å². The van der Waals surface area contributed by atoms with Gasteiger partial charge < -0.3 is 14.5 Å². The van der Waals surface area contributed by atoms with Crippen molar-refractivity contribution in [2.24, 2.45) is 11.8 Å². The van der Waals surface area contributed by atoms with E-state index in [-0.39, 0.29) is 12.5 Å². The molecule has 2 rings (SSSR count). The van der Waals surface area contributed by atoms with Crippen molar-refractivity contribution in [2.75, 3.05) is 59.0 Å². The molecule has 2 heterocycles. The fourth-order valence-electron chi connectivity index (χ4n) is 3.96. The maximum atomic E-state index is 12.2. The van der Waals surface area contributed by atoms with Crippen LogP contribution in [0.25, 0.3) is 0 Å². The van der Waals surface area contributed by atoms with Gasteiger partial charge in [0.2, 0.25) is 5.91 Å². The summed E-state index contributed by atoms with van der Waals surface area (Å²) in [5.74, 6) is 1.68. The van der Waals surface area contributed by atoms with E-state index >= 15 is 0 Å². The molecule has 1 amide bonds. The minimum atomic E-state index is 0.174. The molecule has 0 aromatic heterocycles. The van der Waals surface area contributed by atoms with E-state index in [1.165, 1.54) is 13.1 Å². The van der Waals surface area contributed by atoms with Gasteiger partial charge in [-0.1, -0.05) is 13.8 Å². The lowest BCUT2D eigenvalue weighted by Crippen LogP contribution is -2.49. The van der Waals surface area contributed by atoms with Gasteiger partial charge in [-0.05, 0) is 44.9 Å². The van der Waals surface area contributed by atoms with Gasteiger partial charge in [-0.3, -0.25) is 9.69 Å². The summed E-state index contributed by atoms with van der Waals surface area (Å²) in [6, 6.07) is 0.655. The third kappa shape index (κ3) is 6.87. The van der Waals surface area contributed by atoms with E-state index in [9.17, 15) is 4.79 Å². The highest BCUT2D eigenvalue weighted by molar-refractivity contribution is 5.77. The van der Waals surface area contributed by atoms with Crippen LogP contribution in [0.15, 0.2) is 0 Å². The number of amides is 1. The number of piperidine rings is 1. The first-order valence-electron chi connectivity index (χ1n) is 10.3. The van der Waals surface area contributed by atoms with Crippen molar-refractivity contribution in [2.45, 2.75) is 53.0 Å². The van der Waals surface area contributed by atoms with E-state index in [1.807, 2.05) is 4.90 Å². The number of ether oxygens (including phenoxy) is 1. The molecule has 0 aromatic carbocycles. The Morgan fingerprint density at radius 3 is 2.20 bits per heavy atom. The third-order valence-corrected chi connectivity index (χ3v) is 5.96. The van der Waals surface area contributed by atoms with Crippen LogP contribution in [0, 0.1) is 11.8 Å². The average Bonchev–Trinajstić information content (AvgIpc) is 2.61. The van der Waals surface area contributed by atoms with Gasteiger partial charge in [0.25, 0.3) is 0 Å². The lowest BCUT2D eigenvalue weighted by molar-refractivity contribution is -0.137. The van der Waals surface area contributed by atoms with Crippen LogP contribution in [0.3, 0.4) is 0 Å². The molecule has 0 saturated carbocycles. The molecule has 2 aliphatic rings. The summed E-state index contributed by atoms with van der Waals surface area (Å²) in [4.78, 5) is 19.3. The van der Waals surface area contributed by atoms with Crippen LogP contribution in [-0.2, 0) is 9.53 Å². The standard InChI is InChI=1S/C20H39N3O2/c1-17(2)19-6-9-23(10-7-19)20(24)16-25-15-5-8-21-11-13-22(14-12-21)18(3)4/h17-19H,5-16H2,1-4H3. The normalized spacial score (nSPS) is 21.4. The molecule has 5 nitrogen and oxygen atoms in total. The third-order valence-electron chi connectivity index (χ3n) is 5.96. The molecule has 25 heavy (non-hydrogen) atoms. The molecule has 0 aliphatic carbocycles. The molecule has 0 bridgehead atoms. The number of carbonyl (C=O) groups is 1. The number of carbonyl (C=O) groups excluding carboxylic acids is 1. The first-order valence-corrected chi connectivity index (χ1v) is 10.3. The Bertz CT molecular complexity index is 384. The molecule has 5 heteroatoms. The summed E-state index contributed by atoms with van der Waals surface area (Å²) >= 11 is 0. The summed E-state index contributed by atoms with van der Waals surface area (Å²) in [6.07, 6.45) is 3.31. The van der Waals surface area contributed by atoms with Crippen molar-refractivity contribution in [3.8, 4) is 0 Å². The highest BCUT2D eigenvalue weighted by Gasteiger charge is 2.24. The maximum absolute atomic E-state index is 12.2. The molecule has 0 aromatic rings. The topological polar surface area (TPSA) is 36.0 Å². The quantitative estimate of drug-likeness (QED) is 0.628. The van der Waals surface area contributed by atoms with Gasteiger partial charge >= 0.3 is 0 Å². The molecule has 2 fully saturated rings. The van der Waals surface area contributed by atoms with Crippen molar-refractivity contribution in [1.82, 2.24) is 14.7 Å². The summed E-state index contributed by atoms with van der Waals surface area (Å²) in [7, 11) is 0. The largest absolute Gasteiger partial charge is 0.372 e. The average molecular weight is 354 g/mol. The molecular weight excluding hydrogens is 314 g/mol. The van der Waals surface area contributed by atoms with Crippen molar-refractivity contribution in [1.29, 1.82) is 0 Å². The van der Waals surface area contributed by atoms with Gasteiger partial charge in [-0.15, -0.1) is 0 Å². The number of nitrogens with zero attached hydrogens (tertiary/aromatic N) is 3. The van der Waals surface area contributed by atoms with Gasteiger partial charge in [0, 0.05) is 58.5 Å². The number of hydrogen-bond acceptors (Lipinski definition) is 4. The Kier molecular flexibility index (Phi) is 8.67. The minimum absolute atomic E-state index is 0.174. The Morgan fingerprint density at radius 1 is 1.00 bits per heavy atom. The number of hydrogen-bond donors (Lipinski definition) is 0. The highest BCUT2D eigenvalue weighted by atomic mass is 16.5. The molecule has 0 spiro atoms. The molecule has 146 valence electrons. The first-order chi connectivity index (χ1) is 12.0. The van der Waals surface area contributed by atoms with E-state index in [4.69, 9.17) is 4.74 Å². The van der Waals surface area contributed by atoms with Gasteiger partial charge in [-0.25, -0.2) is 0 Å². The van der Waals surface area contributed by atoms with Crippen LogP contribution in [0.2, 0.25) is 0 Å². The molecule has 0 radical (unpaired) electrons. The minimum Gasteiger partial charge on any atom is -0.372 e. The van der Waals surface area contributed by atoms with Gasteiger partial charge in [0.1, 0.15) is 6.61 Å². The monoisotopic (exact) mass is 353 g/mol. The Labute approximate surface area is 154 Å². The molecule has 0 N–H and O–H groups in total. The first kappa shape index (κ1) is 20.7. The van der Waals surface area contributed by atoms with Gasteiger partial charge in [0.05, 0.1) is 0 Å². The zero-order chi connectivity index (χ0) is 18.2. The molecule has 0 unspecified atom stereocenters. The second-order valence-electron chi connectivity index (χ2n) is 8.34. The predicted octanol–water partition coefficient (Wildman–Crippen LogP) is 2.31. The fourth-order valence-corrected chi connectivity index (χ4v) is 3.96.